The van der Waals surface area contributed by atoms with Gasteiger partial charge in [0.05, 0.1) is 0 Å². The Morgan fingerprint density at radius 3 is 2.71 bits per heavy atom. The van der Waals surface area contributed by atoms with Crippen molar-refractivity contribution in [1.82, 2.24) is 0 Å². The molecule has 0 aromatic carbocycles. The van der Waals surface area contributed by atoms with Crippen LogP contribution in [-0.4, -0.2) is 0 Å². The van der Waals surface area contributed by atoms with E-state index in [0.29, 0.717) is 0 Å². The topological polar surface area (TPSA) is 26.0 Å². The highest BCUT2D eigenvalue weighted by atomic mass is 14.6. The van der Waals surface area contributed by atoms with Gasteiger partial charge in [0.2, 0.25) is 0 Å². The zero-order valence-corrected chi connectivity index (χ0v) is 4.22. The molecule has 1 rings (SSSR count). The minimum absolute atomic E-state index is 0. The molecule has 0 saturated carbocycles. The van der Waals surface area contributed by atoms with Crippen molar-refractivity contribution < 1.29 is 1.43 Å². The van der Waals surface area contributed by atoms with Crippen molar-refractivity contribution in [2.24, 2.45) is 5.73 Å². The number of allylic oxidation sites excluding steroid dienone is 2. The van der Waals surface area contributed by atoms with E-state index in [2.05, 4.69) is 6.42 Å². The summed E-state index contributed by atoms with van der Waals surface area (Å²) in [6.45, 7) is 0. The molecule has 40 valence electrons. The minimum Gasteiger partial charge on any atom is -0.402 e. The first-order valence-corrected chi connectivity index (χ1v) is 2.50. The van der Waals surface area contributed by atoms with Crippen LogP contribution in [0.25, 0.3) is 0 Å². The normalized spacial score (nSPS) is 21.4. The lowest BCUT2D eigenvalue weighted by Gasteiger charge is -2.04. The maximum Gasteiger partial charge on any atom is 0.00784 e. The van der Waals surface area contributed by atoms with Gasteiger partial charge in [-0.2, -0.15) is 0 Å². The van der Waals surface area contributed by atoms with Crippen molar-refractivity contribution in [2.75, 3.05) is 0 Å². The van der Waals surface area contributed by atoms with E-state index in [-0.39, 0.29) is 1.43 Å². The molecule has 1 nitrogen and oxygen atoms in total. The standard InChI is InChI=1S/C6H9N.H2/c7-6-4-2-1-3-5-6;/h1,4-5H,2-3,7H2;1H. The molecule has 0 atom stereocenters. The van der Waals surface area contributed by atoms with E-state index in [9.17, 15) is 0 Å². The lowest BCUT2D eigenvalue weighted by Crippen LogP contribution is -2.01. The molecule has 0 fully saturated rings. The molecule has 2 N–H and O–H groups in total. The molecule has 7 heavy (non-hydrogen) atoms. The summed E-state index contributed by atoms with van der Waals surface area (Å²) in [4.78, 5) is 0. The van der Waals surface area contributed by atoms with Gasteiger partial charge in [-0.15, -0.1) is 0 Å². The monoisotopic (exact) mass is 97.1 g/mol. The molecule has 0 aromatic rings. The van der Waals surface area contributed by atoms with E-state index in [0.717, 1.165) is 18.5 Å². The average Bonchev–Trinajstić information content (AvgIpc) is 1.69. The van der Waals surface area contributed by atoms with Gasteiger partial charge in [-0.3, -0.25) is 0 Å². The molecular weight excluding hydrogens is 86.1 g/mol. The Labute approximate surface area is 45.7 Å². The third-order valence-electron chi connectivity index (χ3n) is 1.04. The van der Waals surface area contributed by atoms with Crippen LogP contribution in [0, 0.1) is 12.8 Å². The van der Waals surface area contributed by atoms with Crippen molar-refractivity contribution in [3.8, 4) is 0 Å². The van der Waals surface area contributed by atoms with Crippen LogP contribution in [-0.2, 0) is 0 Å². The lowest BCUT2D eigenvalue weighted by atomic mass is 10.1. The fourth-order valence-corrected chi connectivity index (χ4v) is 0.618. The van der Waals surface area contributed by atoms with Gasteiger partial charge in [-0.1, -0.05) is 6.08 Å². The zero-order chi connectivity index (χ0) is 5.11. The first-order valence-electron chi connectivity index (χ1n) is 2.50. The molecule has 0 aliphatic heterocycles. The van der Waals surface area contributed by atoms with E-state index in [4.69, 9.17) is 5.73 Å². The number of rotatable bonds is 0. The Kier molecular flexibility index (Phi) is 1.35. The summed E-state index contributed by atoms with van der Waals surface area (Å²) in [5.74, 6) is 0. The molecule has 0 aromatic heterocycles. The van der Waals surface area contributed by atoms with Crippen LogP contribution >= 0.6 is 0 Å². The van der Waals surface area contributed by atoms with Crippen LogP contribution in [0.2, 0.25) is 0 Å². The van der Waals surface area contributed by atoms with E-state index in [1.54, 1.807) is 0 Å². The summed E-state index contributed by atoms with van der Waals surface area (Å²) in [6, 6.07) is 0. The third-order valence-corrected chi connectivity index (χ3v) is 1.04. The molecule has 1 aliphatic carbocycles. The predicted octanol–water partition coefficient (Wildman–Crippen LogP) is 1.28. The maximum absolute atomic E-state index is 5.42. The second kappa shape index (κ2) is 2.01. The molecule has 2 radical (unpaired) electrons. The highest BCUT2D eigenvalue weighted by Crippen LogP contribution is 2.09. The second-order valence-electron chi connectivity index (χ2n) is 1.67. The van der Waals surface area contributed by atoms with Gasteiger partial charge in [-0.05, 0) is 19.3 Å². The summed E-state index contributed by atoms with van der Waals surface area (Å²) in [5.41, 5.74) is 6.35. The Bertz CT molecular complexity index is 88.5. The lowest BCUT2D eigenvalue weighted by molar-refractivity contribution is 0.973. The Balaban J connectivity index is 0.000000490. The van der Waals surface area contributed by atoms with Gasteiger partial charge in [0.15, 0.2) is 0 Å². The van der Waals surface area contributed by atoms with Crippen molar-refractivity contribution in [1.29, 1.82) is 0 Å². The predicted molar refractivity (Wildman–Crippen MR) is 32.2 cm³/mol. The molecule has 0 heterocycles. The van der Waals surface area contributed by atoms with Crippen molar-refractivity contribution in [2.45, 2.75) is 12.8 Å². The third kappa shape index (κ3) is 1.22. The summed E-state index contributed by atoms with van der Waals surface area (Å²) < 4.78 is 0. The fourth-order valence-electron chi connectivity index (χ4n) is 0.618. The highest BCUT2D eigenvalue weighted by Gasteiger charge is 1.96. The van der Waals surface area contributed by atoms with Crippen LogP contribution < -0.4 is 5.73 Å². The fraction of sp³-hybridized carbons (Fsp3) is 0.333. The quantitative estimate of drug-likeness (QED) is 0.484. The van der Waals surface area contributed by atoms with Crippen molar-refractivity contribution in [3.63, 3.8) is 0 Å². The smallest absolute Gasteiger partial charge is 0.00784 e. The van der Waals surface area contributed by atoms with Crippen LogP contribution in [0.1, 0.15) is 14.3 Å². The van der Waals surface area contributed by atoms with Crippen molar-refractivity contribution in [3.05, 3.63) is 24.6 Å². The van der Waals surface area contributed by atoms with Crippen molar-refractivity contribution >= 4 is 0 Å². The number of hydrogen-bond donors (Lipinski definition) is 1. The van der Waals surface area contributed by atoms with E-state index < -0.39 is 0 Å². The Hall–Kier alpha value is -0.460. The van der Waals surface area contributed by atoms with E-state index in [1.807, 2.05) is 12.5 Å². The van der Waals surface area contributed by atoms with E-state index in [1.165, 1.54) is 0 Å². The summed E-state index contributed by atoms with van der Waals surface area (Å²) in [5, 5.41) is 0. The minimum atomic E-state index is 0. The molecule has 0 bridgehead atoms. The maximum atomic E-state index is 5.42. The number of hydrogen-bond acceptors (Lipinski definition) is 1. The first kappa shape index (κ1) is 4.69. The average molecular weight is 97.2 g/mol. The van der Waals surface area contributed by atoms with Gasteiger partial charge in [-0.25, -0.2) is 0 Å². The van der Waals surface area contributed by atoms with Crippen LogP contribution in [0.5, 0.6) is 0 Å². The van der Waals surface area contributed by atoms with E-state index >= 15 is 0 Å². The van der Waals surface area contributed by atoms with Gasteiger partial charge < -0.3 is 5.73 Å². The Morgan fingerprint density at radius 2 is 2.43 bits per heavy atom. The SMILES string of the molecule is NC1=CC[CH]C[CH]1.[HH]. The second-order valence-corrected chi connectivity index (χ2v) is 1.67. The van der Waals surface area contributed by atoms with Gasteiger partial charge in [0, 0.05) is 13.5 Å². The summed E-state index contributed by atoms with van der Waals surface area (Å²) in [6.07, 6.45) is 8.31. The molecular formula is C6H11N. The van der Waals surface area contributed by atoms with Gasteiger partial charge in [0.1, 0.15) is 0 Å². The largest absolute Gasteiger partial charge is 0.402 e. The first-order chi connectivity index (χ1) is 3.39. The van der Waals surface area contributed by atoms with Gasteiger partial charge in [0.25, 0.3) is 0 Å². The summed E-state index contributed by atoms with van der Waals surface area (Å²) in [7, 11) is 0. The molecule has 1 aliphatic rings. The van der Waals surface area contributed by atoms with Crippen LogP contribution in [0.15, 0.2) is 11.8 Å². The molecule has 0 amide bonds. The molecule has 1 heteroatoms. The molecule has 0 spiro atoms. The molecule has 0 unspecified atom stereocenters. The Morgan fingerprint density at radius 1 is 1.57 bits per heavy atom. The molecule has 0 saturated heterocycles. The van der Waals surface area contributed by atoms with Crippen LogP contribution in [0.3, 0.4) is 0 Å². The zero-order valence-electron chi connectivity index (χ0n) is 4.22. The van der Waals surface area contributed by atoms with Gasteiger partial charge >= 0.3 is 0 Å². The summed E-state index contributed by atoms with van der Waals surface area (Å²) >= 11 is 0. The number of nitrogens with two attached hydrogens (primary N) is 1. The van der Waals surface area contributed by atoms with Crippen LogP contribution in [0.4, 0.5) is 0 Å². The highest BCUT2D eigenvalue weighted by molar-refractivity contribution is 5.15.